The number of nitrogens with zero attached hydrogens (tertiary/aromatic N) is 4. The molecular weight excluding hydrogens is 432 g/mol. The predicted octanol–water partition coefficient (Wildman–Crippen LogP) is 7.59. The second-order valence-electron chi connectivity index (χ2n) is 10.1. The van der Waals surface area contributed by atoms with Crippen LogP contribution >= 0.6 is 0 Å². The van der Waals surface area contributed by atoms with Crippen LogP contribution in [0.25, 0.3) is 33.1 Å². The van der Waals surface area contributed by atoms with E-state index < -0.39 is 0 Å². The maximum absolute atomic E-state index is 5.42. The lowest BCUT2D eigenvalue weighted by molar-refractivity contribution is 0.318. The van der Waals surface area contributed by atoms with Crippen molar-refractivity contribution in [2.75, 3.05) is 0 Å². The summed E-state index contributed by atoms with van der Waals surface area (Å²) >= 11 is 0. The Morgan fingerprint density at radius 1 is 1.00 bits per heavy atom. The summed E-state index contributed by atoms with van der Waals surface area (Å²) < 4.78 is 7.94. The summed E-state index contributed by atoms with van der Waals surface area (Å²) in [5, 5.41) is 5.30. The van der Waals surface area contributed by atoms with Crippen LogP contribution in [0.1, 0.15) is 67.8 Å². The number of hydrogen-bond acceptors (Lipinski definition) is 4. The second kappa shape index (κ2) is 8.95. The van der Waals surface area contributed by atoms with E-state index in [9.17, 15) is 0 Å². The highest BCUT2D eigenvalue weighted by Crippen LogP contribution is 2.36. The molecule has 1 unspecified atom stereocenters. The van der Waals surface area contributed by atoms with E-state index in [1.54, 1.807) is 0 Å². The molecule has 1 fully saturated rings. The number of imidazole rings is 1. The van der Waals surface area contributed by atoms with Gasteiger partial charge in [0.1, 0.15) is 17.1 Å². The van der Waals surface area contributed by atoms with E-state index in [4.69, 9.17) is 14.5 Å². The highest BCUT2D eigenvalue weighted by molar-refractivity contribution is 6.03. The number of fused-ring (bicyclic) bond motifs is 3. The lowest BCUT2D eigenvalue weighted by atomic mass is 9.89. The summed E-state index contributed by atoms with van der Waals surface area (Å²) in [5.41, 5.74) is 7.54. The largest absolute Gasteiger partial charge is 0.361 e. The van der Waals surface area contributed by atoms with Crippen molar-refractivity contribution >= 4 is 21.9 Å². The third kappa shape index (κ3) is 3.93. The van der Waals surface area contributed by atoms with Crippen molar-refractivity contribution < 1.29 is 4.52 Å². The summed E-state index contributed by atoms with van der Waals surface area (Å²) in [6.07, 6.45) is 8.60. The van der Waals surface area contributed by atoms with Crippen LogP contribution < -0.4 is 0 Å². The van der Waals surface area contributed by atoms with Gasteiger partial charge in [0.05, 0.1) is 22.9 Å². The third-order valence-corrected chi connectivity index (χ3v) is 7.78. The zero-order valence-electron chi connectivity index (χ0n) is 20.8. The topological polar surface area (TPSA) is 56.7 Å². The van der Waals surface area contributed by atoms with Crippen molar-refractivity contribution in [3.8, 4) is 11.1 Å². The molecule has 0 radical (unpaired) electrons. The zero-order chi connectivity index (χ0) is 23.9. The first-order chi connectivity index (χ1) is 17.1. The van der Waals surface area contributed by atoms with E-state index in [0.29, 0.717) is 5.92 Å². The number of rotatable bonds is 5. The van der Waals surface area contributed by atoms with E-state index in [1.807, 2.05) is 20.0 Å². The van der Waals surface area contributed by atoms with Gasteiger partial charge in [0.15, 0.2) is 0 Å². The molecule has 0 N–H and O–H groups in total. The van der Waals surface area contributed by atoms with Gasteiger partial charge in [-0.2, -0.15) is 0 Å². The fraction of sp³-hybridized carbons (Fsp3) is 0.367. The Morgan fingerprint density at radius 2 is 1.80 bits per heavy atom. The van der Waals surface area contributed by atoms with Crippen LogP contribution in [0.4, 0.5) is 0 Å². The molecule has 5 nitrogen and oxygen atoms in total. The van der Waals surface area contributed by atoms with Gasteiger partial charge in [0, 0.05) is 23.4 Å². The molecule has 5 heteroatoms. The van der Waals surface area contributed by atoms with Crippen molar-refractivity contribution in [3.63, 3.8) is 0 Å². The molecule has 0 spiro atoms. The van der Waals surface area contributed by atoms with Crippen molar-refractivity contribution in [2.24, 2.45) is 5.92 Å². The van der Waals surface area contributed by atoms with E-state index in [1.165, 1.54) is 43.2 Å². The van der Waals surface area contributed by atoms with Crippen LogP contribution in [0, 0.1) is 19.8 Å². The van der Waals surface area contributed by atoms with Gasteiger partial charge >= 0.3 is 0 Å². The maximum atomic E-state index is 5.42. The molecule has 3 aromatic heterocycles. The Balaban J connectivity index is 1.53. The molecular formula is C30H32N4O. The molecule has 35 heavy (non-hydrogen) atoms. The predicted molar refractivity (Wildman–Crippen MR) is 141 cm³/mol. The monoisotopic (exact) mass is 464 g/mol. The molecule has 5 aromatic rings. The van der Waals surface area contributed by atoms with E-state index in [-0.39, 0.29) is 5.92 Å². The maximum Gasteiger partial charge on any atom is 0.141 e. The third-order valence-electron chi connectivity index (χ3n) is 7.78. The van der Waals surface area contributed by atoms with Gasteiger partial charge in [-0.1, -0.05) is 73.8 Å². The van der Waals surface area contributed by atoms with Gasteiger partial charge in [-0.3, -0.25) is 4.98 Å². The Morgan fingerprint density at radius 3 is 2.54 bits per heavy atom. The average Bonchev–Trinajstić information content (AvgIpc) is 3.43. The van der Waals surface area contributed by atoms with E-state index in [2.05, 4.69) is 65.2 Å². The summed E-state index contributed by atoms with van der Waals surface area (Å²) in [5.74, 6) is 2.89. The minimum Gasteiger partial charge on any atom is -0.361 e. The molecule has 1 aliphatic carbocycles. The number of aromatic nitrogens is 4. The van der Waals surface area contributed by atoms with Crippen molar-refractivity contribution in [1.82, 2.24) is 19.7 Å². The second-order valence-corrected chi connectivity index (χ2v) is 10.1. The highest BCUT2D eigenvalue weighted by atomic mass is 16.5. The smallest absolute Gasteiger partial charge is 0.141 e. The number of pyridine rings is 1. The molecule has 0 bridgehead atoms. The molecule has 0 amide bonds. The van der Waals surface area contributed by atoms with Gasteiger partial charge in [0.25, 0.3) is 0 Å². The van der Waals surface area contributed by atoms with Gasteiger partial charge < -0.3 is 9.09 Å². The van der Waals surface area contributed by atoms with Gasteiger partial charge in [0.2, 0.25) is 0 Å². The molecule has 2 aromatic carbocycles. The Hall–Kier alpha value is -3.47. The summed E-state index contributed by atoms with van der Waals surface area (Å²) in [7, 11) is 0. The molecule has 0 saturated heterocycles. The van der Waals surface area contributed by atoms with E-state index >= 15 is 0 Å². The molecule has 178 valence electrons. The van der Waals surface area contributed by atoms with Crippen LogP contribution in [-0.2, 0) is 6.54 Å². The first-order valence-electron chi connectivity index (χ1n) is 12.9. The molecule has 1 saturated carbocycles. The number of hydrogen-bond donors (Lipinski definition) is 0. The number of aryl methyl sites for hydroxylation is 2. The van der Waals surface area contributed by atoms with Crippen LogP contribution in [0.2, 0.25) is 0 Å². The minimum absolute atomic E-state index is 0.212. The van der Waals surface area contributed by atoms with Crippen molar-refractivity contribution in [1.29, 1.82) is 0 Å². The fourth-order valence-corrected chi connectivity index (χ4v) is 5.92. The number of benzene rings is 2. The highest BCUT2D eigenvalue weighted by Gasteiger charge is 2.24. The lowest BCUT2D eigenvalue weighted by Gasteiger charge is -2.24. The average molecular weight is 465 g/mol. The minimum atomic E-state index is 0.212. The first kappa shape index (κ1) is 22.0. The molecule has 3 heterocycles. The van der Waals surface area contributed by atoms with Crippen LogP contribution in [0.3, 0.4) is 0 Å². The Bertz CT molecular complexity index is 1470. The fourth-order valence-electron chi connectivity index (χ4n) is 5.92. The van der Waals surface area contributed by atoms with Crippen LogP contribution in [0.5, 0.6) is 0 Å². The standard InChI is InChI=1S/C30H32N4O/c1-19(23-12-8-5-9-13-23)30-32-27-17-31-26-16-24(28-20(2)33-35-21(28)3)14-15-25(26)29(27)34(30)18-22-10-6-4-7-11-22/h5,8-9,12-17,19,22H,4,6-7,10-11,18H2,1-3H3. The van der Waals surface area contributed by atoms with Crippen LogP contribution in [0.15, 0.2) is 59.3 Å². The van der Waals surface area contributed by atoms with Crippen LogP contribution in [-0.4, -0.2) is 19.7 Å². The summed E-state index contributed by atoms with van der Waals surface area (Å²) in [6.45, 7) is 7.25. The van der Waals surface area contributed by atoms with E-state index in [0.717, 1.165) is 51.4 Å². The SMILES string of the molecule is Cc1noc(C)c1-c1ccc2c(c1)ncc1nc(C(C)c3ccccc3)n(CC3CCCCC3)c12. The van der Waals surface area contributed by atoms with Gasteiger partial charge in [-0.25, -0.2) is 4.98 Å². The summed E-state index contributed by atoms with van der Waals surface area (Å²) in [4.78, 5) is 10.0. The Labute approximate surface area is 206 Å². The normalized spacial score (nSPS) is 15.7. The zero-order valence-corrected chi connectivity index (χ0v) is 20.8. The van der Waals surface area contributed by atoms with Gasteiger partial charge in [-0.15, -0.1) is 0 Å². The molecule has 0 aliphatic heterocycles. The molecule has 6 rings (SSSR count). The van der Waals surface area contributed by atoms with Crippen molar-refractivity contribution in [2.45, 2.75) is 65.3 Å². The first-order valence-corrected chi connectivity index (χ1v) is 12.9. The molecule has 1 atom stereocenters. The summed E-state index contributed by atoms with van der Waals surface area (Å²) in [6, 6.07) is 17.3. The lowest BCUT2D eigenvalue weighted by Crippen LogP contribution is -2.17. The quantitative estimate of drug-likeness (QED) is 0.269. The Kier molecular flexibility index (Phi) is 5.63. The molecule has 1 aliphatic rings. The van der Waals surface area contributed by atoms with Crippen molar-refractivity contribution in [3.05, 3.63) is 77.6 Å². The van der Waals surface area contributed by atoms with Gasteiger partial charge in [-0.05, 0) is 49.8 Å².